The fourth-order valence-electron chi connectivity index (χ4n) is 1.01. The van der Waals surface area contributed by atoms with Crippen LogP contribution in [0, 0.1) is 0 Å². The van der Waals surface area contributed by atoms with E-state index in [9.17, 15) is 4.79 Å². The van der Waals surface area contributed by atoms with Crippen molar-refractivity contribution in [2.45, 2.75) is 25.7 Å². The molecule has 0 aromatic heterocycles. The summed E-state index contributed by atoms with van der Waals surface area (Å²) < 4.78 is 4.80. The van der Waals surface area contributed by atoms with E-state index in [0.29, 0.717) is 0 Å². The molecule has 1 rings (SSSR count). The highest BCUT2D eigenvalue weighted by Crippen LogP contribution is 2.03. The van der Waals surface area contributed by atoms with E-state index in [1.807, 2.05) is 30.3 Å². The van der Waals surface area contributed by atoms with Gasteiger partial charge in [0.2, 0.25) is 0 Å². The third kappa shape index (κ3) is 3.69. The molecule has 4 nitrogen and oxygen atoms in total. The van der Waals surface area contributed by atoms with Crippen LogP contribution in [-0.2, 0) is 16.1 Å². The smallest absolute Gasteiger partial charge is 0.338 e. The number of rotatable bonds is 4. The van der Waals surface area contributed by atoms with Gasteiger partial charge in [-0.2, -0.15) is 0 Å². The van der Waals surface area contributed by atoms with Crippen LogP contribution in [0.15, 0.2) is 30.3 Å². The molecule has 4 heteroatoms. The second-order valence-electron chi connectivity index (χ2n) is 3.28. The van der Waals surface area contributed by atoms with Crippen molar-refractivity contribution in [1.82, 2.24) is 0 Å². The maximum Gasteiger partial charge on any atom is 0.338 e. The van der Waals surface area contributed by atoms with E-state index in [4.69, 9.17) is 14.9 Å². The Balaban J connectivity index is 2.41. The van der Waals surface area contributed by atoms with Crippen LogP contribution < -0.4 is 0 Å². The Labute approximate surface area is 88.1 Å². The molecule has 0 saturated heterocycles. The molecule has 0 saturated carbocycles. The first-order valence-corrected chi connectivity index (χ1v) is 4.68. The monoisotopic (exact) mass is 210 g/mol. The van der Waals surface area contributed by atoms with Gasteiger partial charge in [-0.15, -0.1) is 0 Å². The minimum absolute atomic E-state index is 0.101. The number of esters is 1. The molecule has 0 aliphatic heterocycles. The molecule has 0 bridgehead atoms. The van der Waals surface area contributed by atoms with Crippen LogP contribution in [0.4, 0.5) is 0 Å². The molecule has 0 fully saturated rings. The van der Waals surface area contributed by atoms with Crippen LogP contribution in [0.5, 0.6) is 0 Å². The SMILES string of the molecule is CC(O)C(O)C(=O)OCc1ccccc1. The minimum Gasteiger partial charge on any atom is -0.459 e. The van der Waals surface area contributed by atoms with Gasteiger partial charge in [-0.05, 0) is 12.5 Å². The maximum atomic E-state index is 11.1. The maximum absolute atomic E-state index is 11.1. The number of carbonyl (C=O) groups is 1. The Kier molecular flexibility index (Phi) is 4.27. The second-order valence-corrected chi connectivity index (χ2v) is 3.28. The largest absolute Gasteiger partial charge is 0.459 e. The number of ether oxygens (including phenoxy) is 1. The summed E-state index contributed by atoms with van der Waals surface area (Å²) in [6.45, 7) is 1.43. The molecule has 0 heterocycles. The number of hydrogen-bond acceptors (Lipinski definition) is 4. The molecule has 0 amide bonds. The van der Waals surface area contributed by atoms with Crippen molar-refractivity contribution >= 4 is 5.97 Å². The lowest BCUT2D eigenvalue weighted by Gasteiger charge is -2.12. The van der Waals surface area contributed by atoms with Crippen LogP contribution in [-0.4, -0.2) is 28.4 Å². The molecule has 2 unspecified atom stereocenters. The highest BCUT2D eigenvalue weighted by Gasteiger charge is 2.21. The highest BCUT2D eigenvalue weighted by molar-refractivity contribution is 5.74. The van der Waals surface area contributed by atoms with Crippen molar-refractivity contribution in [3.05, 3.63) is 35.9 Å². The Morgan fingerprint density at radius 1 is 1.33 bits per heavy atom. The van der Waals surface area contributed by atoms with Crippen LogP contribution in [0.2, 0.25) is 0 Å². The molecule has 15 heavy (non-hydrogen) atoms. The quantitative estimate of drug-likeness (QED) is 0.709. The predicted molar refractivity (Wildman–Crippen MR) is 53.9 cm³/mol. The van der Waals surface area contributed by atoms with Crippen LogP contribution in [0.3, 0.4) is 0 Å². The lowest BCUT2D eigenvalue weighted by Crippen LogP contribution is -2.33. The molecule has 82 valence electrons. The molecule has 1 aromatic carbocycles. The van der Waals surface area contributed by atoms with Crippen LogP contribution in [0.1, 0.15) is 12.5 Å². The molecule has 2 atom stereocenters. The summed E-state index contributed by atoms with van der Waals surface area (Å²) in [6.07, 6.45) is -2.60. The number of benzene rings is 1. The van der Waals surface area contributed by atoms with Gasteiger partial charge in [0.25, 0.3) is 0 Å². The summed E-state index contributed by atoms with van der Waals surface area (Å²) in [6, 6.07) is 9.13. The van der Waals surface area contributed by atoms with Gasteiger partial charge in [0.1, 0.15) is 6.61 Å². The molecule has 0 radical (unpaired) electrons. The van der Waals surface area contributed by atoms with Gasteiger partial charge in [0.05, 0.1) is 6.10 Å². The van der Waals surface area contributed by atoms with E-state index < -0.39 is 18.2 Å². The first kappa shape index (κ1) is 11.7. The first-order valence-electron chi connectivity index (χ1n) is 4.68. The van der Waals surface area contributed by atoms with E-state index >= 15 is 0 Å². The molecule has 1 aromatic rings. The first-order chi connectivity index (χ1) is 7.11. The number of aliphatic hydroxyl groups is 2. The topological polar surface area (TPSA) is 66.8 Å². The Morgan fingerprint density at radius 3 is 2.47 bits per heavy atom. The van der Waals surface area contributed by atoms with Crippen molar-refractivity contribution in [2.24, 2.45) is 0 Å². The fourth-order valence-corrected chi connectivity index (χ4v) is 1.01. The zero-order valence-electron chi connectivity index (χ0n) is 8.46. The molecule has 0 spiro atoms. The van der Waals surface area contributed by atoms with Gasteiger partial charge >= 0.3 is 5.97 Å². The van der Waals surface area contributed by atoms with Gasteiger partial charge in [0, 0.05) is 0 Å². The predicted octanol–water partition coefficient (Wildman–Crippen LogP) is 0.471. The zero-order chi connectivity index (χ0) is 11.3. The van der Waals surface area contributed by atoms with Gasteiger partial charge in [-0.25, -0.2) is 4.79 Å². The van der Waals surface area contributed by atoms with Crippen molar-refractivity contribution in [1.29, 1.82) is 0 Å². The minimum atomic E-state index is -1.48. The summed E-state index contributed by atoms with van der Waals surface area (Å²) >= 11 is 0. The summed E-state index contributed by atoms with van der Waals surface area (Å²) in [4.78, 5) is 11.1. The summed E-state index contributed by atoms with van der Waals surface area (Å²) in [5.41, 5.74) is 0.837. The van der Waals surface area contributed by atoms with Gasteiger partial charge in [-0.1, -0.05) is 30.3 Å². The van der Waals surface area contributed by atoms with Gasteiger partial charge in [-0.3, -0.25) is 0 Å². The van der Waals surface area contributed by atoms with Crippen LogP contribution >= 0.6 is 0 Å². The molecular weight excluding hydrogens is 196 g/mol. The molecular formula is C11H14O4. The average molecular weight is 210 g/mol. The lowest BCUT2D eigenvalue weighted by molar-refractivity contribution is -0.160. The standard InChI is InChI=1S/C11H14O4/c1-8(12)10(13)11(14)15-7-9-5-3-2-4-6-9/h2-6,8,10,12-13H,7H2,1H3. The van der Waals surface area contributed by atoms with Gasteiger partial charge in [0.15, 0.2) is 6.10 Å². The van der Waals surface area contributed by atoms with E-state index in [0.717, 1.165) is 5.56 Å². The Hall–Kier alpha value is -1.39. The summed E-state index contributed by atoms with van der Waals surface area (Å²) in [5, 5.41) is 18.1. The van der Waals surface area contributed by atoms with Crippen molar-refractivity contribution in [3.63, 3.8) is 0 Å². The van der Waals surface area contributed by atoms with E-state index in [1.165, 1.54) is 6.92 Å². The fraction of sp³-hybridized carbons (Fsp3) is 0.364. The molecule has 0 aliphatic rings. The Bertz CT molecular complexity index is 308. The number of aliphatic hydroxyl groups excluding tert-OH is 2. The normalized spacial score (nSPS) is 14.3. The van der Waals surface area contributed by atoms with Crippen LogP contribution in [0.25, 0.3) is 0 Å². The second kappa shape index (κ2) is 5.48. The van der Waals surface area contributed by atoms with Crippen molar-refractivity contribution < 1.29 is 19.7 Å². The number of carbonyl (C=O) groups excluding carboxylic acids is 1. The van der Waals surface area contributed by atoms with Crippen molar-refractivity contribution in [3.8, 4) is 0 Å². The van der Waals surface area contributed by atoms with Crippen molar-refractivity contribution in [2.75, 3.05) is 0 Å². The number of hydrogen-bond donors (Lipinski definition) is 2. The average Bonchev–Trinajstić information content (AvgIpc) is 2.26. The van der Waals surface area contributed by atoms with E-state index in [1.54, 1.807) is 0 Å². The summed E-state index contributed by atoms with van der Waals surface area (Å²) in [7, 11) is 0. The van der Waals surface area contributed by atoms with E-state index in [-0.39, 0.29) is 6.61 Å². The summed E-state index contributed by atoms with van der Waals surface area (Å²) in [5.74, 6) is -0.811. The molecule has 2 N–H and O–H groups in total. The lowest BCUT2D eigenvalue weighted by atomic mass is 10.2. The van der Waals surface area contributed by atoms with E-state index in [2.05, 4.69) is 0 Å². The highest BCUT2D eigenvalue weighted by atomic mass is 16.5. The zero-order valence-corrected chi connectivity index (χ0v) is 8.46. The third-order valence-corrected chi connectivity index (χ3v) is 1.92. The molecule has 0 aliphatic carbocycles. The Morgan fingerprint density at radius 2 is 1.93 bits per heavy atom. The van der Waals surface area contributed by atoms with Gasteiger partial charge < -0.3 is 14.9 Å². The third-order valence-electron chi connectivity index (χ3n) is 1.92.